The standard InChI is InChI=1S/C15H24O2/c1-12(16)11-13-5-7-14(8-6-13)17-10-9-15(2,3)4/h5-8,12,16H,9-11H2,1-4H3. The molecular formula is C15H24O2. The van der Waals surface area contributed by atoms with Gasteiger partial charge in [0.2, 0.25) is 0 Å². The Balaban J connectivity index is 2.40. The van der Waals surface area contributed by atoms with Gasteiger partial charge in [-0.1, -0.05) is 32.9 Å². The van der Waals surface area contributed by atoms with Gasteiger partial charge in [-0.15, -0.1) is 0 Å². The highest BCUT2D eigenvalue weighted by Crippen LogP contribution is 2.20. The molecule has 0 amide bonds. The van der Waals surface area contributed by atoms with Crippen LogP contribution in [0.2, 0.25) is 0 Å². The minimum atomic E-state index is -0.289. The molecular weight excluding hydrogens is 212 g/mol. The van der Waals surface area contributed by atoms with Crippen LogP contribution >= 0.6 is 0 Å². The van der Waals surface area contributed by atoms with Gasteiger partial charge in [-0.3, -0.25) is 0 Å². The first kappa shape index (κ1) is 14.0. The van der Waals surface area contributed by atoms with Gasteiger partial charge in [-0.2, -0.15) is 0 Å². The first-order valence-electron chi connectivity index (χ1n) is 6.27. The summed E-state index contributed by atoms with van der Waals surface area (Å²) in [4.78, 5) is 0. The topological polar surface area (TPSA) is 29.5 Å². The summed E-state index contributed by atoms with van der Waals surface area (Å²) in [5.74, 6) is 0.906. The van der Waals surface area contributed by atoms with Gasteiger partial charge in [0.05, 0.1) is 12.7 Å². The van der Waals surface area contributed by atoms with Crippen LogP contribution < -0.4 is 4.74 Å². The molecule has 1 atom stereocenters. The molecule has 1 unspecified atom stereocenters. The van der Waals surface area contributed by atoms with E-state index >= 15 is 0 Å². The zero-order valence-corrected chi connectivity index (χ0v) is 11.4. The summed E-state index contributed by atoms with van der Waals surface area (Å²) in [5, 5.41) is 9.27. The van der Waals surface area contributed by atoms with E-state index in [9.17, 15) is 5.11 Å². The second kappa shape index (κ2) is 6.06. The molecule has 0 heterocycles. The lowest BCUT2D eigenvalue weighted by Crippen LogP contribution is -2.11. The Bertz CT molecular complexity index is 320. The smallest absolute Gasteiger partial charge is 0.119 e. The van der Waals surface area contributed by atoms with Crippen LogP contribution in [-0.4, -0.2) is 17.8 Å². The number of aliphatic hydroxyl groups is 1. The van der Waals surface area contributed by atoms with Gasteiger partial charge < -0.3 is 9.84 Å². The Kier molecular flexibility index (Phi) is 5.01. The molecule has 0 radical (unpaired) electrons. The summed E-state index contributed by atoms with van der Waals surface area (Å²) < 4.78 is 5.68. The Morgan fingerprint density at radius 3 is 2.24 bits per heavy atom. The van der Waals surface area contributed by atoms with Gasteiger partial charge in [0.15, 0.2) is 0 Å². The summed E-state index contributed by atoms with van der Waals surface area (Å²) in [6, 6.07) is 7.97. The van der Waals surface area contributed by atoms with Gasteiger partial charge in [0, 0.05) is 0 Å². The summed E-state index contributed by atoms with van der Waals surface area (Å²) >= 11 is 0. The molecule has 0 aliphatic heterocycles. The number of benzene rings is 1. The van der Waals surface area contributed by atoms with Crippen molar-refractivity contribution in [2.75, 3.05) is 6.61 Å². The van der Waals surface area contributed by atoms with Gasteiger partial charge in [-0.25, -0.2) is 0 Å². The first-order chi connectivity index (χ1) is 7.87. The molecule has 0 saturated carbocycles. The van der Waals surface area contributed by atoms with Crippen molar-refractivity contribution < 1.29 is 9.84 Å². The van der Waals surface area contributed by atoms with Crippen LogP contribution in [0.4, 0.5) is 0 Å². The van der Waals surface area contributed by atoms with Gasteiger partial charge in [0.1, 0.15) is 5.75 Å². The van der Waals surface area contributed by atoms with E-state index in [0.29, 0.717) is 11.8 Å². The summed E-state index contributed by atoms with van der Waals surface area (Å²) in [6.07, 6.45) is 1.45. The minimum absolute atomic E-state index is 0.289. The maximum Gasteiger partial charge on any atom is 0.119 e. The van der Waals surface area contributed by atoms with E-state index in [2.05, 4.69) is 20.8 Å². The SMILES string of the molecule is CC(O)Cc1ccc(OCCC(C)(C)C)cc1. The van der Waals surface area contributed by atoms with E-state index in [-0.39, 0.29) is 6.10 Å². The Morgan fingerprint density at radius 1 is 1.18 bits per heavy atom. The van der Waals surface area contributed by atoms with Crippen LogP contribution in [0.15, 0.2) is 24.3 Å². The Morgan fingerprint density at radius 2 is 1.76 bits per heavy atom. The van der Waals surface area contributed by atoms with Crippen LogP contribution in [0, 0.1) is 5.41 Å². The molecule has 0 bridgehead atoms. The van der Waals surface area contributed by atoms with Crippen molar-refractivity contribution in [3.8, 4) is 5.75 Å². The minimum Gasteiger partial charge on any atom is -0.494 e. The highest BCUT2D eigenvalue weighted by atomic mass is 16.5. The highest BCUT2D eigenvalue weighted by Gasteiger charge is 2.09. The predicted octanol–water partition coefficient (Wildman–Crippen LogP) is 3.42. The molecule has 1 N–H and O–H groups in total. The molecule has 2 heteroatoms. The fourth-order valence-electron chi connectivity index (χ4n) is 1.54. The third-order valence-electron chi connectivity index (χ3n) is 2.58. The van der Waals surface area contributed by atoms with Crippen LogP contribution in [-0.2, 0) is 6.42 Å². The molecule has 1 aromatic carbocycles. The molecule has 1 aromatic rings. The van der Waals surface area contributed by atoms with E-state index in [4.69, 9.17) is 4.74 Å². The average Bonchev–Trinajstić information content (AvgIpc) is 2.18. The van der Waals surface area contributed by atoms with Gasteiger partial charge in [-0.05, 0) is 42.9 Å². The molecule has 17 heavy (non-hydrogen) atoms. The second-order valence-electron chi connectivity index (χ2n) is 5.86. The third kappa shape index (κ3) is 6.32. The maximum absolute atomic E-state index is 9.27. The highest BCUT2D eigenvalue weighted by molar-refractivity contribution is 5.27. The molecule has 96 valence electrons. The molecule has 0 aliphatic carbocycles. The molecule has 2 nitrogen and oxygen atoms in total. The third-order valence-corrected chi connectivity index (χ3v) is 2.58. The van der Waals surface area contributed by atoms with E-state index in [0.717, 1.165) is 24.3 Å². The van der Waals surface area contributed by atoms with Crippen molar-refractivity contribution in [1.82, 2.24) is 0 Å². The molecule has 0 fully saturated rings. The molecule has 0 aliphatic rings. The monoisotopic (exact) mass is 236 g/mol. The van der Waals surface area contributed by atoms with E-state index in [1.807, 2.05) is 24.3 Å². The lowest BCUT2D eigenvalue weighted by atomic mass is 9.93. The lowest BCUT2D eigenvalue weighted by Gasteiger charge is -2.18. The summed E-state index contributed by atoms with van der Waals surface area (Å²) in [7, 11) is 0. The van der Waals surface area contributed by atoms with Gasteiger partial charge >= 0.3 is 0 Å². The quantitative estimate of drug-likeness (QED) is 0.848. The van der Waals surface area contributed by atoms with Crippen molar-refractivity contribution in [2.24, 2.45) is 5.41 Å². The Hall–Kier alpha value is -1.02. The number of aliphatic hydroxyl groups excluding tert-OH is 1. The van der Waals surface area contributed by atoms with Crippen LogP contribution in [0.1, 0.15) is 39.7 Å². The van der Waals surface area contributed by atoms with Crippen LogP contribution in [0.5, 0.6) is 5.75 Å². The number of hydrogen-bond acceptors (Lipinski definition) is 2. The summed E-state index contributed by atoms with van der Waals surface area (Å²) in [6.45, 7) is 9.18. The zero-order valence-electron chi connectivity index (χ0n) is 11.4. The van der Waals surface area contributed by atoms with E-state index < -0.39 is 0 Å². The van der Waals surface area contributed by atoms with Gasteiger partial charge in [0.25, 0.3) is 0 Å². The molecule has 0 saturated heterocycles. The van der Waals surface area contributed by atoms with Crippen molar-refractivity contribution >= 4 is 0 Å². The fourth-order valence-corrected chi connectivity index (χ4v) is 1.54. The van der Waals surface area contributed by atoms with Crippen molar-refractivity contribution in [1.29, 1.82) is 0 Å². The second-order valence-corrected chi connectivity index (χ2v) is 5.86. The fraction of sp³-hybridized carbons (Fsp3) is 0.600. The Labute approximate surface area is 105 Å². The number of rotatable bonds is 5. The summed E-state index contributed by atoms with van der Waals surface area (Å²) in [5.41, 5.74) is 1.45. The van der Waals surface area contributed by atoms with Crippen molar-refractivity contribution in [3.63, 3.8) is 0 Å². The van der Waals surface area contributed by atoms with E-state index in [1.54, 1.807) is 6.92 Å². The normalized spacial score (nSPS) is 13.5. The van der Waals surface area contributed by atoms with E-state index in [1.165, 1.54) is 0 Å². The molecule has 1 rings (SSSR count). The van der Waals surface area contributed by atoms with Crippen molar-refractivity contribution in [3.05, 3.63) is 29.8 Å². The van der Waals surface area contributed by atoms with Crippen molar-refractivity contribution in [2.45, 2.75) is 46.6 Å². The first-order valence-corrected chi connectivity index (χ1v) is 6.27. The van der Waals surface area contributed by atoms with Crippen LogP contribution in [0.3, 0.4) is 0 Å². The lowest BCUT2D eigenvalue weighted by molar-refractivity contribution is 0.195. The average molecular weight is 236 g/mol. The zero-order chi connectivity index (χ0) is 12.9. The molecule has 0 spiro atoms. The number of hydrogen-bond donors (Lipinski definition) is 1. The maximum atomic E-state index is 9.27. The number of ether oxygens (including phenoxy) is 1. The predicted molar refractivity (Wildman–Crippen MR) is 71.4 cm³/mol. The van der Waals surface area contributed by atoms with Crippen LogP contribution in [0.25, 0.3) is 0 Å². The largest absolute Gasteiger partial charge is 0.494 e. The molecule has 0 aromatic heterocycles.